The molecule has 4 nitrogen and oxygen atoms in total. The van der Waals surface area contributed by atoms with Crippen molar-refractivity contribution in [2.45, 2.75) is 89.8 Å². The number of halogens is 1. The quantitative estimate of drug-likeness (QED) is 0.773. The third-order valence-electron chi connectivity index (χ3n) is 4.86. The van der Waals surface area contributed by atoms with Gasteiger partial charge in [-0.05, 0) is 77.6 Å². The van der Waals surface area contributed by atoms with Gasteiger partial charge in [0.1, 0.15) is 5.60 Å². The molecule has 2 aliphatic rings. The summed E-state index contributed by atoms with van der Waals surface area (Å²) in [5, 5.41) is 3.02. The minimum Gasteiger partial charge on any atom is -0.444 e. The summed E-state index contributed by atoms with van der Waals surface area (Å²) in [5.41, 5.74) is 6.10. The molecule has 2 aliphatic carbocycles. The van der Waals surface area contributed by atoms with Gasteiger partial charge in [0, 0.05) is 12.1 Å². The first-order valence-electron chi connectivity index (χ1n) is 8.03. The second-order valence-electron chi connectivity index (χ2n) is 7.76. The fourth-order valence-electron chi connectivity index (χ4n) is 3.60. The molecule has 5 heteroatoms. The van der Waals surface area contributed by atoms with Crippen molar-refractivity contribution in [3.63, 3.8) is 0 Å². The SMILES string of the molecule is CC(C)(C)OC(=O)NC1CCC2(CCC(N)CC2)CC1.Cl. The number of amides is 1. The van der Waals surface area contributed by atoms with Crippen LogP contribution in [0.15, 0.2) is 0 Å². The molecule has 2 fully saturated rings. The Balaban J connectivity index is 0.00000220. The number of hydrogen-bond acceptors (Lipinski definition) is 3. The Labute approximate surface area is 135 Å². The van der Waals surface area contributed by atoms with Crippen LogP contribution in [0, 0.1) is 5.41 Å². The molecule has 0 atom stereocenters. The minimum atomic E-state index is -0.417. The van der Waals surface area contributed by atoms with Gasteiger partial charge < -0.3 is 15.8 Å². The average Bonchev–Trinajstić information content (AvgIpc) is 2.34. The molecule has 0 unspecified atom stereocenters. The molecular weight excluding hydrogens is 288 g/mol. The molecule has 124 valence electrons. The van der Waals surface area contributed by atoms with E-state index >= 15 is 0 Å². The second kappa shape index (κ2) is 7.19. The normalized spacial score (nSPS) is 33.1. The zero-order valence-corrected chi connectivity index (χ0v) is 14.4. The molecule has 0 saturated heterocycles. The first kappa shape index (κ1) is 18.6. The number of alkyl carbamates (subject to hydrolysis) is 1. The van der Waals surface area contributed by atoms with E-state index < -0.39 is 5.60 Å². The summed E-state index contributed by atoms with van der Waals surface area (Å²) in [7, 11) is 0. The topological polar surface area (TPSA) is 64.3 Å². The predicted molar refractivity (Wildman–Crippen MR) is 87.8 cm³/mol. The molecule has 0 radical (unpaired) electrons. The minimum absolute atomic E-state index is 0. The summed E-state index contributed by atoms with van der Waals surface area (Å²) >= 11 is 0. The highest BCUT2D eigenvalue weighted by Crippen LogP contribution is 2.47. The van der Waals surface area contributed by atoms with Crippen molar-refractivity contribution < 1.29 is 9.53 Å². The highest BCUT2D eigenvalue weighted by molar-refractivity contribution is 5.85. The number of carbonyl (C=O) groups is 1. The van der Waals surface area contributed by atoms with E-state index in [9.17, 15) is 4.79 Å². The summed E-state index contributed by atoms with van der Waals surface area (Å²) in [4.78, 5) is 11.8. The highest BCUT2D eigenvalue weighted by Gasteiger charge is 2.38. The smallest absolute Gasteiger partial charge is 0.407 e. The van der Waals surface area contributed by atoms with Crippen LogP contribution in [0.1, 0.15) is 72.1 Å². The third kappa shape index (κ3) is 5.67. The number of rotatable bonds is 1. The Morgan fingerprint density at radius 2 is 1.57 bits per heavy atom. The van der Waals surface area contributed by atoms with E-state index in [2.05, 4.69) is 5.32 Å². The first-order valence-corrected chi connectivity index (χ1v) is 8.03. The van der Waals surface area contributed by atoms with Crippen LogP contribution < -0.4 is 11.1 Å². The first-order chi connectivity index (χ1) is 9.28. The molecule has 3 N–H and O–H groups in total. The molecule has 0 aromatic carbocycles. The molecule has 0 bridgehead atoms. The monoisotopic (exact) mass is 318 g/mol. The Morgan fingerprint density at radius 1 is 1.10 bits per heavy atom. The van der Waals surface area contributed by atoms with Gasteiger partial charge in [-0.1, -0.05) is 0 Å². The van der Waals surface area contributed by atoms with Crippen LogP contribution in [0.3, 0.4) is 0 Å². The number of carbonyl (C=O) groups excluding carboxylic acids is 1. The van der Waals surface area contributed by atoms with Gasteiger partial charge in [-0.15, -0.1) is 12.4 Å². The maximum absolute atomic E-state index is 11.8. The summed E-state index contributed by atoms with van der Waals surface area (Å²) < 4.78 is 5.32. The van der Waals surface area contributed by atoms with E-state index in [4.69, 9.17) is 10.5 Å². The van der Waals surface area contributed by atoms with Crippen molar-refractivity contribution in [3.05, 3.63) is 0 Å². The molecule has 0 heterocycles. The van der Waals surface area contributed by atoms with Gasteiger partial charge in [0.25, 0.3) is 0 Å². The van der Waals surface area contributed by atoms with E-state index in [1.165, 1.54) is 38.5 Å². The van der Waals surface area contributed by atoms with Crippen molar-refractivity contribution in [1.82, 2.24) is 5.32 Å². The number of nitrogens with one attached hydrogen (secondary N) is 1. The lowest BCUT2D eigenvalue weighted by Gasteiger charge is -2.44. The van der Waals surface area contributed by atoms with Crippen molar-refractivity contribution in [1.29, 1.82) is 0 Å². The Kier molecular flexibility index (Phi) is 6.36. The van der Waals surface area contributed by atoms with Crippen LogP contribution in [-0.2, 0) is 4.74 Å². The second-order valence-corrected chi connectivity index (χ2v) is 7.76. The summed E-state index contributed by atoms with van der Waals surface area (Å²) in [6, 6.07) is 0.698. The molecule has 1 amide bonds. The molecule has 21 heavy (non-hydrogen) atoms. The summed E-state index contributed by atoms with van der Waals surface area (Å²) in [5.74, 6) is 0. The van der Waals surface area contributed by atoms with E-state index in [0.29, 0.717) is 11.5 Å². The number of hydrogen-bond donors (Lipinski definition) is 2. The maximum Gasteiger partial charge on any atom is 0.407 e. The number of nitrogens with two attached hydrogens (primary N) is 1. The molecular formula is C16H31ClN2O2. The molecule has 1 spiro atoms. The van der Waals surface area contributed by atoms with Crippen molar-refractivity contribution in [2.24, 2.45) is 11.1 Å². The number of ether oxygens (including phenoxy) is 1. The molecule has 2 saturated carbocycles. The Hall–Kier alpha value is -0.480. The van der Waals surface area contributed by atoms with Crippen molar-refractivity contribution in [2.75, 3.05) is 0 Å². The predicted octanol–water partition coefficient (Wildman–Crippen LogP) is 3.76. The van der Waals surface area contributed by atoms with Gasteiger partial charge in [0.05, 0.1) is 0 Å². The molecule has 0 aromatic heterocycles. The van der Waals surface area contributed by atoms with Gasteiger partial charge in [-0.2, -0.15) is 0 Å². The van der Waals surface area contributed by atoms with Crippen LogP contribution in [0.25, 0.3) is 0 Å². The molecule has 0 aromatic rings. The third-order valence-corrected chi connectivity index (χ3v) is 4.86. The Bertz CT molecular complexity index is 337. The van der Waals surface area contributed by atoms with Crippen LogP contribution in [0.4, 0.5) is 4.79 Å². The van der Waals surface area contributed by atoms with E-state index in [0.717, 1.165) is 12.8 Å². The Morgan fingerprint density at radius 3 is 2.05 bits per heavy atom. The van der Waals surface area contributed by atoms with Crippen molar-refractivity contribution in [3.8, 4) is 0 Å². The zero-order chi connectivity index (χ0) is 14.8. The van der Waals surface area contributed by atoms with Gasteiger partial charge in [-0.3, -0.25) is 0 Å². The van der Waals surface area contributed by atoms with Gasteiger partial charge in [0.2, 0.25) is 0 Å². The fraction of sp³-hybridized carbons (Fsp3) is 0.938. The zero-order valence-electron chi connectivity index (χ0n) is 13.6. The lowest BCUT2D eigenvalue weighted by atomic mass is 9.64. The molecule has 0 aliphatic heterocycles. The van der Waals surface area contributed by atoms with Crippen LogP contribution >= 0.6 is 12.4 Å². The average molecular weight is 319 g/mol. The standard InChI is InChI=1S/C16H30N2O2.ClH/c1-15(2,3)20-14(19)18-13-6-10-16(11-7-13)8-4-12(17)5-9-16;/h12-13H,4-11,17H2,1-3H3,(H,18,19);1H. The maximum atomic E-state index is 11.8. The molecule has 2 rings (SSSR count). The van der Waals surface area contributed by atoms with Crippen LogP contribution in [-0.4, -0.2) is 23.8 Å². The van der Waals surface area contributed by atoms with Crippen LogP contribution in [0.5, 0.6) is 0 Å². The van der Waals surface area contributed by atoms with E-state index in [1.54, 1.807) is 0 Å². The highest BCUT2D eigenvalue weighted by atomic mass is 35.5. The largest absolute Gasteiger partial charge is 0.444 e. The van der Waals surface area contributed by atoms with Crippen LogP contribution in [0.2, 0.25) is 0 Å². The summed E-state index contributed by atoms with van der Waals surface area (Å²) in [6.07, 6.45) is 9.21. The fourth-order valence-corrected chi connectivity index (χ4v) is 3.60. The lowest BCUT2D eigenvalue weighted by molar-refractivity contribution is 0.0441. The van der Waals surface area contributed by atoms with Crippen molar-refractivity contribution >= 4 is 18.5 Å². The van der Waals surface area contributed by atoms with Gasteiger partial charge >= 0.3 is 6.09 Å². The van der Waals surface area contributed by atoms with E-state index in [-0.39, 0.29) is 24.5 Å². The summed E-state index contributed by atoms with van der Waals surface area (Å²) in [6.45, 7) is 5.69. The van der Waals surface area contributed by atoms with Gasteiger partial charge in [-0.25, -0.2) is 4.79 Å². The van der Waals surface area contributed by atoms with Gasteiger partial charge in [0.15, 0.2) is 0 Å². The van der Waals surface area contributed by atoms with E-state index in [1.807, 2.05) is 20.8 Å². The lowest BCUT2D eigenvalue weighted by Crippen LogP contribution is -2.44.